The lowest BCUT2D eigenvalue weighted by Gasteiger charge is -2.46. The summed E-state index contributed by atoms with van der Waals surface area (Å²) in [6, 6.07) is -0.815. The molecule has 2 fully saturated rings. The van der Waals surface area contributed by atoms with Gasteiger partial charge in [0.05, 0.1) is 32.0 Å². The number of carbonyl (C=O) groups excluding carboxylic acids is 1. The smallest absolute Gasteiger partial charge is 0.220 e. The second-order valence-corrected chi connectivity index (χ2v) is 14.1. The van der Waals surface area contributed by atoms with Gasteiger partial charge in [0.15, 0.2) is 12.6 Å². The number of ether oxygens (including phenoxy) is 4. The molecule has 296 valence electrons. The minimum absolute atomic E-state index is 0.216. The quantitative estimate of drug-likeness (QED) is 0.0549. The van der Waals surface area contributed by atoms with Crippen LogP contribution in [0, 0.1) is 0 Å². The molecule has 12 atom stereocenters. The molecule has 0 aliphatic carbocycles. The van der Waals surface area contributed by atoms with Gasteiger partial charge in [0, 0.05) is 6.42 Å². The highest BCUT2D eigenvalue weighted by Crippen LogP contribution is 2.30. The summed E-state index contributed by atoms with van der Waals surface area (Å²) in [7, 11) is 0. The third-order valence-electron chi connectivity index (χ3n) is 9.82. The van der Waals surface area contributed by atoms with Crippen LogP contribution in [0.2, 0.25) is 0 Å². The van der Waals surface area contributed by atoms with E-state index >= 15 is 0 Å². The molecule has 14 heteroatoms. The van der Waals surface area contributed by atoms with Crippen LogP contribution in [0.5, 0.6) is 0 Å². The van der Waals surface area contributed by atoms with Gasteiger partial charge in [-0.2, -0.15) is 0 Å². The van der Waals surface area contributed by atoms with Gasteiger partial charge in [-0.05, 0) is 12.8 Å². The van der Waals surface area contributed by atoms with E-state index in [2.05, 4.69) is 19.2 Å². The number of carbonyl (C=O) groups is 1. The van der Waals surface area contributed by atoms with Crippen LogP contribution in [-0.4, -0.2) is 140 Å². The van der Waals surface area contributed by atoms with E-state index in [1.165, 1.54) is 38.5 Å². The molecule has 9 N–H and O–H groups in total. The molecule has 2 rings (SSSR count). The summed E-state index contributed by atoms with van der Waals surface area (Å²) in [6.07, 6.45) is 1.74. The lowest BCUT2D eigenvalue weighted by molar-refractivity contribution is -0.359. The number of nitrogens with one attached hydrogen (secondary N) is 1. The summed E-state index contributed by atoms with van der Waals surface area (Å²) < 4.78 is 22.5. The molecule has 50 heavy (non-hydrogen) atoms. The van der Waals surface area contributed by atoms with Crippen molar-refractivity contribution in [1.82, 2.24) is 5.32 Å². The van der Waals surface area contributed by atoms with Gasteiger partial charge in [0.25, 0.3) is 0 Å². The van der Waals surface area contributed by atoms with Gasteiger partial charge in [-0.1, -0.05) is 110 Å². The Bertz CT molecular complexity index is 868. The lowest BCUT2D eigenvalue weighted by atomic mass is 9.97. The maximum absolute atomic E-state index is 12.9. The van der Waals surface area contributed by atoms with Crippen molar-refractivity contribution in [3.05, 3.63) is 0 Å². The summed E-state index contributed by atoms with van der Waals surface area (Å²) in [6.45, 7) is 2.71. The minimum atomic E-state index is -1.77. The van der Waals surface area contributed by atoms with Gasteiger partial charge < -0.3 is 65.1 Å². The highest BCUT2D eigenvalue weighted by Gasteiger charge is 2.50. The Labute approximate surface area is 298 Å². The van der Waals surface area contributed by atoms with Crippen molar-refractivity contribution < 1.29 is 64.6 Å². The van der Waals surface area contributed by atoms with Crippen LogP contribution in [0.15, 0.2) is 0 Å². The van der Waals surface area contributed by atoms with E-state index in [4.69, 9.17) is 18.9 Å². The Morgan fingerprint density at radius 3 is 1.70 bits per heavy atom. The van der Waals surface area contributed by atoms with Crippen LogP contribution < -0.4 is 5.32 Å². The van der Waals surface area contributed by atoms with Crippen LogP contribution in [0.4, 0.5) is 0 Å². The van der Waals surface area contributed by atoms with E-state index in [1.807, 2.05) is 0 Å². The third kappa shape index (κ3) is 15.5. The lowest BCUT2D eigenvalue weighted by Crippen LogP contribution is -2.65. The molecule has 0 radical (unpaired) electrons. The molecule has 0 bridgehead atoms. The van der Waals surface area contributed by atoms with Gasteiger partial charge in [-0.3, -0.25) is 4.79 Å². The molecule has 14 nitrogen and oxygen atoms in total. The van der Waals surface area contributed by atoms with E-state index in [1.54, 1.807) is 0 Å². The number of hydrogen-bond acceptors (Lipinski definition) is 13. The highest BCUT2D eigenvalue weighted by molar-refractivity contribution is 5.76. The highest BCUT2D eigenvalue weighted by atomic mass is 16.7. The van der Waals surface area contributed by atoms with Crippen molar-refractivity contribution in [2.24, 2.45) is 0 Å². The van der Waals surface area contributed by atoms with Crippen LogP contribution in [-0.2, 0) is 23.7 Å². The molecule has 0 aromatic carbocycles. The number of unbranched alkanes of at least 4 members (excludes halogenated alkanes) is 14. The van der Waals surface area contributed by atoms with E-state index in [9.17, 15) is 45.6 Å². The zero-order chi connectivity index (χ0) is 36.9. The summed E-state index contributed by atoms with van der Waals surface area (Å²) in [4.78, 5) is 12.9. The summed E-state index contributed by atoms with van der Waals surface area (Å²) in [5, 5.41) is 85.8. The predicted octanol–water partition coefficient (Wildman–Crippen LogP) is 1.53. The zero-order valence-electron chi connectivity index (χ0n) is 30.4. The van der Waals surface area contributed by atoms with Crippen LogP contribution in [0.3, 0.4) is 0 Å². The first-order chi connectivity index (χ1) is 24.1. The normalized spacial score (nSPS) is 31.4. The fraction of sp³-hybridized carbons (Fsp3) is 0.972. The SMILES string of the molecule is CCCCCCCCCCCCC(=O)NC(COC1OC(CO)C(OC2OC(CO)C(O)C(O)C2O)C(O)C1O)C(O)CCCCCCCC. The first-order valence-electron chi connectivity index (χ1n) is 19.3. The first-order valence-corrected chi connectivity index (χ1v) is 19.3. The summed E-state index contributed by atoms with van der Waals surface area (Å²) in [5.41, 5.74) is 0. The minimum Gasteiger partial charge on any atom is -0.394 e. The van der Waals surface area contributed by atoms with Crippen molar-refractivity contribution in [1.29, 1.82) is 0 Å². The standard InChI is InChI=1S/C36H69NO13/c1-3-5-7-9-11-12-13-14-16-18-20-28(41)37-24(25(40)19-17-15-10-8-6-4-2)23-47-35-33(46)31(44)34(27(22-39)49-35)50-36-32(45)30(43)29(42)26(21-38)48-36/h24-27,29-36,38-40,42-46H,3-23H2,1-2H3,(H,37,41). The Balaban J connectivity index is 1.94. The van der Waals surface area contributed by atoms with Gasteiger partial charge in [-0.15, -0.1) is 0 Å². The van der Waals surface area contributed by atoms with Crippen molar-refractivity contribution >= 4 is 5.91 Å². The Morgan fingerprint density at radius 2 is 1.14 bits per heavy atom. The topological polar surface area (TPSA) is 228 Å². The molecule has 2 saturated heterocycles. The fourth-order valence-corrected chi connectivity index (χ4v) is 6.53. The molecule has 0 spiro atoms. The molecule has 0 aromatic rings. The molecule has 12 unspecified atom stereocenters. The Morgan fingerprint density at radius 1 is 0.640 bits per heavy atom. The van der Waals surface area contributed by atoms with Gasteiger partial charge in [-0.25, -0.2) is 0 Å². The summed E-state index contributed by atoms with van der Waals surface area (Å²) in [5.74, 6) is -0.216. The fourth-order valence-electron chi connectivity index (χ4n) is 6.53. The molecule has 2 heterocycles. The largest absolute Gasteiger partial charge is 0.394 e. The zero-order valence-corrected chi connectivity index (χ0v) is 30.4. The first kappa shape index (κ1) is 45.1. The second-order valence-electron chi connectivity index (χ2n) is 14.1. The van der Waals surface area contributed by atoms with Crippen molar-refractivity contribution in [3.63, 3.8) is 0 Å². The monoisotopic (exact) mass is 723 g/mol. The average Bonchev–Trinajstić information content (AvgIpc) is 3.11. The predicted molar refractivity (Wildman–Crippen MR) is 185 cm³/mol. The molecule has 2 aliphatic heterocycles. The Kier molecular flexibility index (Phi) is 23.4. The van der Waals surface area contributed by atoms with Crippen LogP contribution >= 0.6 is 0 Å². The molecule has 0 aromatic heterocycles. The van der Waals surface area contributed by atoms with Gasteiger partial charge >= 0.3 is 0 Å². The number of aliphatic hydroxyl groups excluding tert-OH is 8. The molecule has 2 aliphatic rings. The maximum atomic E-state index is 12.9. The average molecular weight is 724 g/mol. The van der Waals surface area contributed by atoms with E-state index in [-0.39, 0.29) is 12.5 Å². The van der Waals surface area contributed by atoms with Crippen molar-refractivity contribution in [3.8, 4) is 0 Å². The summed E-state index contributed by atoms with van der Waals surface area (Å²) >= 11 is 0. The van der Waals surface area contributed by atoms with Gasteiger partial charge in [0.1, 0.15) is 48.8 Å². The number of aliphatic hydroxyl groups is 8. The molecule has 1 amide bonds. The van der Waals surface area contributed by atoms with Crippen LogP contribution in [0.1, 0.15) is 129 Å². The number of rotatable bonds is 27. The third-order valence-corrected chi connectivity index (χ3v) is 9.82. The second kappa shape index (κ2) is 25.9. The molecule has 0 saturated carbocycles. The van der Waals surface area contributed by atoms with E-state index in [0.717, 1.165) is 64.2 Å². The molecular formula is C36H69NO13. The maximum Gasteiger partial charge on any atom is 0.220 e. The number of amides is 1. The van der Waals surface area contributed by atoms with Crippen LogP contribution in [0.25, 0.3) is 0 Å². The molecular weight excluding hydrogens is 654 g/mol. The van der Waals surface area contributed by atoms with Gasteiger partial charge in [0.2, 0.25) is 5.91 Å². The number of hydrogen-bond donors (Lipinski definition) is 9. The van der Waals surface area contributed by atoms with E-state index < -0.39 is 86.8 Å². The Hall–Kier alpha value is -1.01. The van der Waals surface area contributed by atoms with E-state index in [0.29, 0.717) is 12.8 Å². The van der Waals surface area contributed by atoms with Crippen molar-refractivity contribution in [2.75, 3.05) is 19.8 Å². The van der Waals surface area contributed by atoms with Crippen molar-refractivity contribution in [2.45, 2.75) is 203 Å².